The van der Waals surface area contributed by atoms with E-state index in [4.69, 9.17) is 17.3 Å². The largest absolute Gasteiger partial charge is 0.449 e. The van der Waals surface area contributed by atoms with E-state index in [-0.39, 0.29) is 17.0 Å². The Kier molecular flexibility index (Phi) is 9.50. The maximum atomic E-state index is 13.5. The number of hydrogen-bond donors (Lipinski definition) is 2. The summed E-state index contributed by atoms with van der Waals surface area (Å²) in [4.78, 5) is 36.6. The number of nitrogens with two attached hydrogens (primary N) is 1. The lowest BCUT2D eigenvalue weighted by Crippen LogP contribution is -2.37. The summed E-state index contributed by atoms with van der Waals surface area (Å²) in [6, 6.07) is 10.2. The van der Waals surface area contributed by atoms with E-state index in [1.807, 2.05) is 0 Å². The summed E-state index contributed by atoms with van der Waals surface area (Å²) >= 11 is 5.85. The zero-order valence-electron chi connectivity index (χ0n) is 20.4. The van der Waals surface area contributed by atoms with Crippen molar-refractivity contribution in [2.24, 2.45) is 5.73 Å². The van der Waals surface area contributed by atoms with Gasteiger partial charge in [0.15, 0.2) is 5.82 Å². The van der Waals surface area contributed by atoms with Crippen LogP contribution in [0.3, 0.4) is 0 Å². The number of nitrogens with one attached hydrogen (secondary N) is 1. The van der Waals surface area contributed by atoms with Gasteiger partial charge >= 0.3 is 24.1 Å². The summed E-state index contributed by atoms with van der Waals surface area (Å²) in [5, 5.41) is 6.68. The second-order valence-electron chi connectivity index (χ2n) is 8.50. The van der Waals surface area contributed by atoms with E-state index in [0.29, 0.717) is 9.70 Å². The molecule has 16 heteroatoms. The van der Waals surface area contributed by atoms with Crippen LogP contribution in [0.5, 0.6) is 0 Å². The summed E-state index contributed by atoms with van der Waals surface area (Å²) in [5.41, 5.74) is 2.89. The Labute approximate surface area is 227 Å². The molecule has 9 nitrogen and oxygen atoms in total. The van der Waals surface area contributed by atoms with Gasteiger partial charge in [0, 0.05) is 29.6 Å². The minimum Gasteiger partial charge on any atom is -0.449 e. The highest BCUT2D eigenvalue weighted by Gasteiger charge is 2.35. The molecule has 1 atom stereocenters. The van der Waals surface area contributed by atoms with E-state index in [1.165, 1.54) is 30.3 Å². The predicted octanol–water partition coefficient (Wildman–Crippen LogP) is 4.33. The molecule has 0 spiro atoms. The monoisotopic (exact) mass is 593 g/mol. The Balaban J connectivity index is 1.84. The minimum absolute atomic E-state index is 0.148. The highest BCUT2D eigenvalue weighted by atomic mass is 35.5. The topological polar surface area (TPSA) is 121 Å². The van der Waals surface area contributed by atoms with Crippen LogP contribution >= 0.6 is 11.6 Å². The van der Waals surface area contributed by atoms with E-state index in [0.717, 1.165) is 22.8 Å². The van der Waals surface area contributed by atoms with Crippen molar-refractivity contribution in [2.75, 3.05) is 13.2 Å². The number of rotatable bonds is 10. The van der Waals surface area contributed by atoms with Gasteiger partial charge < -0.3 is 15.8 Å². The first-order valence-corrected chi connectivity index (χ1v) is 11.9. The molecule has 1 unspecified atom stereocenters. The van der Waals surface area contributed by atoms with Crippen molar-refractivity contribution < 1.29 is 40.7 Å². The number of ether oxygens (including phenoxy) is 1. The number of benzene rings is 2. The first-order chi connectivity index (χ1) is 18.7. The number of halogens is 7. The summed E-state index contributed by atoms with van der Waals surface area (Å²) in [7, 11) is 0. The standard InChI is InChI=1S/C24H22ClF6N5O4/c25-16-7-5-14(6-8-16)20-34-36(22(39)35(20)10-9-23(26,27)28)12-19(37)33-11-15(13-40-21(32)38)17-3-1-2-4-18(17)24(29,30)31/h1-8,15H,9-13H2,(H2,32,38)(H,33,37). The van der Waals surface area contributed by atoms with Gasteiger partial charge in [0.25, 0.3) is 0 Å². The number of amides is 2. The molecule has 2 aromatic carbocycles. The molecule has 1 aromatic heterocycles. The maximum absolute atomic E-state index is 13.5. The number of hydrogen-bond acceptors (Lipinski definition) is 5. The van der Waals surface area contributed by atoms with E-state index in [1.54, 1.807) is 0 Å². The summed E-state index contributed by atoms with van der Waals surface area (Å²) < 4.78 is 85.3. The van der Waals surface area contributed by atoms with Crippen molar-refractivity contribution in [3.05, 3.63) is 75.2 Å². The number of carbonyl (C=O) groups excluding carboxylic acids is 2. The molecule has 3 rings (SSSR count). The second kappa shape index (κ2) is 12.4. The Morgan fingerprint density at radius 1 is 1.05 bits per heavy atom. The number of primary amides is 1. The number of aromatic nitrogens is 3. The molecular formula is C24H22ClF6N5O4. The van der Waals surface area contributed by atoms with Crippen LogP contribution in [-0.4, -0.2) is 45.7 Å². The lowest BCUT2D eigenvalue weighted by Gasteiger charge is -2.21. The number of alkyl halides is 6. The molecule has 3 N–H and O–H groups in total. The molecule has 0 saturated carbocycles. The molecule has 3 aromatic rings. The van der Waals surface area contributed by atoms with E-state index in [9.17, 15) is 40.7 Å². The van der Waals surface area contributed by atoms with Gasteiger partial charge in [0.2, 0.25) is 5.91 Å². The van der Waals surface area contributed by atoms with Crippen LogP contribution in [0.1, 0.15) is 23.5 Å². The molecule has 0 saturated heterocycles. The first kappa shape index (κ1) is 30.5. The lowest BCUT2D eigenvalue weighted by molar-refractivity contribution is -0.138. The van der Waals surface area contributed by atoms with Gasteiger partial charge in [0.1, 0.15) is 13.2 Å². The van der Waals surface area contributed by atoms with Crippen molar-refractivity contribution in [1.29, 1.82) is 0 Å². The molecule has 0 bridgehead atoms. The van der Waals surface area contributed by atoms with Gasteiger partial charge in [0.05, 0.1) is 12.0 Å². The summed E-state index contributed by atoms with van der Waals surface area (Å²) in [6.07, 6.45) is -11.9. The van der Waals surface area contributed by atoms with Crippen LogP contribution < -0.4 is 16.7 Å². The molecule has 216 valence electrons. The molecular weight excluding hydrogens is 572 g/mol. The fourth-order valence-electron chi connectivity index (χ4n) is 3.78. The quantitative estimate of drug-likeness (QED) is 0.339. The first-order valence-electron chi connectivity index (χ1n) is 11.5. The third-order valence-corrected chi connectivity index (χ3v) is 5.87. The van der Waals surface area contributed by atoms with Crippen molar-refractivity contribution in [1.82, 2.24) is 19.7 Å². The number of nitrogens with zero attached hydrogens (tertiary/aromatic N) is 3. The van der Waals surface area contributed by atoms with Crippen molar-refractivity contribution >= 4 is 23.6 Å². The average Bonchev–Trinajstić information content (AvgIpc) is 3.17. The second-order valence-corrected chi connectivity index (χ2v) is 8.94. The van der Waals surface area contributed by atoms with Crippen LogP contribution in [0.2, 0.25) is 5.02 Å². The lowest BCUT2D eigenvalue weighted by atomic mass is 9.94. The molecule has 40 heavy (non-hydrogen) atoms. The molecule has 0 aliphatic rings. The molecule has 0 aliphatic carbocycles. The summed E-state index contributed by atoms with van der Waals surface area (Å²) in [6.45, 7) is -2.60. The predicted molar refractivity (Wildman–Crippen MR) is 130 cm³/mol. The fourth-order valence-corrected chi connectivity index (χ4v) is 3.90. The van der Waals surface area contributed by atoms with Crippen LogP contribution in [-0.2, 0) is 28.8 Å². The highest BCUT2D eigenvalue weighted by Crippen LogP contribution is 2.35. The minimum atomic E-state index is -4.75. The third-order valence-electron chi connectivity index (χ3n) is 5.62. The third kappa shape index (κ3) is 8.24. The van der Waals surface area contributed by atoms with Gasteiger partial charge in [-0.25, -0.2) is 14.3 Å². The van der Waals surface area contributed by atoms with Crippen LogP contribution in [0.4, 0.5) is 31.1 Å². The highest BCUT2D eigenvalue weighted by molar-refractivity contribution is 6.30. The molecule has 2 amide bonds. The van der Waals surface area contributed by atoms with Gasteiger partial charge in [-0.3, -0.25) is 9.36 Å². The Morgan fingerprint density at radius 2 is 1.70 bits per heavy atom. The molecule has 0 aliphatic heterocycles. The van der Waals surface area contributed by atoms with Crippen molar-refractivity contribution in [3.8, 4) is 11.4 Å². The molecule has 0 radical (unpaired) electrons. The normalized spacial score (nSPS) is 12.7. The average molecular weight is 594 g/mol. The van der Waals surface area contributed by atoms with Crippen LogP contribution in [0.25, 0.3) is 11.4 Å². The van der Waals surface area contributed by atoms with Gasteiger partial charge in [-0.1, -0.05) is 29.8 Å². The van der Waals surface area contributed by atoms with Crippen LogP contribution in [0.15, 0.2) is 53.3 Å². The Morgan fingerprint density at radius 3 is 2.30 bits per heavy atom. The van der Waals surface area contributed by atoms with Crippen LogP contribution in [0, 0.1) is 0 Å². The van der Waals surface area contributed by atoms with E-state index < -0.39 is 74.2 Å². The number of carbonyl (C=O) groups is 2. The Bertz CT molecular complexity index is 1400. The van der Waals surface area contributed by atoms with Gasteiger partial charge in [-0.15, -0.1) is 5.10 Å². The van der Waals surface area contributed by atoms with Crippen molar-refractivity contribution in [2.45, 2.75) is 37.8 Å². The molecule has 1 heterocycles. The maximum Gasteiger partial charge on any atom is 0.416 e. The van der Waals surface area contributed by atoms with E-state index >= 15 is 0 Å². The van der Waals surface area contributed by atoms with Gasteiger partial charge in [-0.2, -0.15) is 26.3 Å². The fraction of sp³-hybridized carbons (Fsp3) is 0.333. The van der Waals surface area contributed by atoms with Crippen molar-refractivity contribution in [3.63, 3.8) is 0 Å². The Hall–Kier alpha value is -4.01. The molecule has 0 fully saturated rings. The SMILES string of the molecule is NC(=O)OCC(CNC(=O)Cn1nc(-c2ccc(Cl)cc2)n(CCC(F)(F)F)c1=O)c1ccccc1C(F)(F)F. The van der Waals surface area contributed by atoms with E-state index in [2.05, 4.69) is 15.2 Å². The summed E-state index contributed by atoms with van der Waals surface area (Å²) in [5.74, 6) is -2.22. The zero-order valence-corrected chi connectivity index (χ0v) is 21.2. The smallest absolute Gasteiger partial charge is 0.416 e. The zero-order chi connectivity index (χ0) is 29.7. The van der Waals surface area contributed by atoms with Gasteiger partial charge in [-0.05, 0) is 35.9 Å².